The largest absolute Gasteiger partial charge is 0.282 e. The van der Waals surface area contributed by atoms with E-state index in [1.807, 2.05) is 0 Å². The van der Waals surface area contributed by atoms with Crippen LogP contribution in [0.3, 0.4) is 0 Å². The lowest BCUT2D eigenvalue weighted by Crippen LogP contribution is -2.03. The first-order valence-electron chi connectivity index (χ1n) is 2.82. The van der Waals surface area contributed by atoms with E-state index in [1.165, 1.54) is 6.34 Å². The van der Waals surface area contributed by atoms with Crippen LogP contribution in [0.25, 0.3) is 0 Å². The van der Waals surface area contributed by atoms with Gasteiger partial charge in [0.1, 0.15) is 6.34 Å². The van der Waals surface area contributed by atoms with Crippen LogP contribution in [0.4, 0.5) is 0 Å². The molecule has 50 valence electrons. The van der Waals surface area contributed by atoms with Crippen molar-refractivity contribution >= 4 is 18.4 Å². The summed E-state index contributed by atoms with van der Waals surface area (Å²) in [5, 5.41) is 7.24. The van der Waals surface area contributed by atoms with Gasteiger partial charge in [-0.1, -0.05) is 18.7 Å². The minimum atomic E-state index is 0.231. The molecule has 0 unspecified atom stereocenters. The summed E-state index contributed by atoms with van der Waals surface area (Å²) in [5.74, 6) is 0.231. The quantitative estimate of drug-likeness (QED) is 0.558. The molecule has 3 nitrogen and oxygen atoms in total. The summed E-state index contributed by atoms with van der Waals surface area (Å²) in [5.41, 5.74) is 0.692. The molecule has 0 saturated heterocycles. The third-order valence-electron chi connectivity index (χ3n) is 1.04. The van der Waals surface area contributed by atoms with Gasteiger partial charge in [-0.25, -0.2) is 9.98 Å². The zero-order chi connectivity index (χ0) is 7.40. The van der Waals surface area contributed by atoms with Crippen LogP contribution in [-0.2, 0) is 0 Å². The van der Waals surface area contributed by atoms with Crippen molar-refractivity contribution < 1.29 is 0 Å². The number of hydrogen-bond acceptors (Lipinski definition) is 2. The van der Waals surface area contributed by atoms with E-state index < -0.39 is 0 Å². The molecule has 1 heterocycles. The zero-order valence-corrected chi connectivity index (χ0v) is 5.41. The van der Waals surface area contributed by atoms with E-state index >= 15 is 0 Å². The second-order valence-corrected chi connectivity index (χ2v) is 1.73. The molecule has 0 aromatic heterocycles. The first kappa shape index (κ1) is 6.61. The van der Waals surface area contributed by atoms with Crippen molar-refractivity contribution in [1.82, 2.24) is 0 Å². The molecular weight excluding hydrogens is 126 g/mol. The first-order chi connectivity index (χ1) is 4.84. The zero-order valence-electron chi connectivity index (χ0n) is 5.41. The lowest BCUT2D eigenvalue weighted by Gasteiger charge is -1.98. The molecule has 1 N–H and O–H groups in total. The first-order valence-corrected chi connectivity index (χ1v) is 2.82. The second-order valence-electron chi connectivity index (χ2n) is 1.73. The highest BCUT2D eigenvalue weighted by Crippen LogP contribution is 1.98. The van der Waals surface area contributed by atoms with E-state index in [2.05, 4.69) is 16.6 Å². The van der Waals surface area contributed by atoms with Crippen molar-refractivity contribution in [2.75, 3.05) is 0 Å². The Hall–Kier alpha value is -1.51. The second kappa shape index (κ2) is 2.87. The monoisotopic (exact) mass is 133 g/mol. The summed E-state index contributed by atoms with van der Waals surface area (Å²) in [7, 11) is 0. The fraction of sp³-hybridized carbons (Fsp3) is 0. The number of nitrogens with zero attached hydrogens (tertiary/aromatic N) is 2. The summed E-state index contributed by atoms with van der Waals surface area (Å²) in [6.07, 6.45) is 6.23. The molecule has 0 spiro atoms. The lowest BCUT2D eigenvalue weighted by molar-refractivity contribution is 1.43. The highest BCUT2D eigenvalue weighted by molar-refractivity contribution is 6.19. The van der Waals surface area contributed by atoms with Crippen molar-refractivity contribution in [3.8, 4) is 0 Å². The van der Waals surface area contributed by atoms with Gasteiger partial charge in [-0.3, -0.25) is 5.41 Å². The van der Waals surface area contributed by atoms with Crippen molar-refractivity contribution in [3.63, 3.8) is 0 Å². The molecule has 0 fully saturated rings. The van der Waals surface area contributed by atoms with E-state index in [0.717, 1.165) is 0 Å². The predicted octanol–water partition coefficient (Wildman–Crippen LogP) is 1.19. The molecule has 1 aliphatic rings. The molecule has 1 aliphatic heterocycles. The van der Waals surface area contributed by atoms with Crippen LogP contribution in [0.1, 0.15) is 0 Å². The van der Waals surface area contributed by atoms with Crippen LogP contribution in [0.15, 0.2) is 34.3 Å². The van der Waals surface area contributed by atoms with Crippen LogP contribution in [0.2, 0.25) is 0 Å². The molecule has 0 aromatic carbocycles. The van der Waals surface area contributed by atoms with Gasteiger partial charge in [0.05, 0.1) is 0 Å². The van der Waals surface area contributed by atoms with Crippen LogP contribution < -0.4 is 0 Å². The Balaban J connectivity index is 2.90. The minimum Gasteiger partial charge on any atom is -0.282 e. The van der Waals surface area contributed by atoms with Crippen molar-refractivity contribution in [2.45, 2.75) is 0 Å². The summed E-state index contributed by atoms with van der Waals surface area (Å²) in [6.45, 7) is 3.50. The highest BCUT2D eigenvalue weighted by Gasteiger charge is 2.00. The Labute approximate surface area is 59.0 Å². The average molecular weight is 133 g/mol. The number of allylic oxidation sites excluding steroid dienone is 2. The highest BCUT2D eigenvalue weighted by atomic mass is 14.9. The average Bonchev–Trinajstić information content (AvgIpc) is 1.94. The SMILES string of the molecule is C=C/C=C1/C=NC=NC1=N. The smallest absolute Gasteiger partial charge is 0.155 e. The number of hydrogen-bond donors (Lipinski definition) is 1. The predicted molar refractivity (Wildman–Crippen MR) is 43.0 cm³/mol. The topological polar surface area (TPSA) is 48.6 Å². The van der Waals surface area contributed by atoms with E-state index in [4.69, 9.17) is 5.41 Å². The molecular formula is C7H7N3. The van der Waals surface area contributed by atoms with Gasteiger partial charge in [0.25, 0.3) is 0 Å². The van der Waals surface area contributed by atoms with Crippen LogP contribution in [0, 0.1) is 5.41 Å². The normalized spacial score (nSPS) is 20.0. The third-order valence-corrected chi connectivity index (χ3v) is 1.04. The standard InChI is InChI=1S/C7H7N3/c1-2-3-6-4-9-5-10-7(6)8/h2-5,8H,1H2/b6-3-,8-7?. The summed E-state index contributed by atoms with van der Waals surface area (Å²) in [6, 6.07) is 0. The van der Waals surface area contributed by atoms with Gasteiger partial charge in [-0.15, -0.1) is 0 Å². The molecule has 0 aromatic rings. The van der Waals surface area contributed by atoms with E-state index in [-0.39, 0.29) is 5.84 Å². The molecule has 0 aliphatic carbocycles. The Kier molecular flexibility index (Phi) is 1.89. The van der Waals surface area contributed by atoms with Crippen LogP contribution in [0.5, 0.6) is 0 Å². The van der Waals surface area contributed by atoms with Gasteiger partial charge in [-0.05, 0) is 0 Å². The number of rotatable bonds is 1. The maximum Gasteiger partial charge on any atom is 0.155 e. The molecule has 10 heavy (non-hydrogen) atoms. The number of amidine groups is 1. The summed E-state index contributed by atoms with van der Waals surface area (Å²) < 4.78 is 0. The Bertz CT molecular complexity index is 246. The van der Waals surface area contributed by atoms with Crippen LogP contribution in [-0.4, -0.2) is 18.4 Å². The molecule has 1 rings (SSSR count). The maximum atomic E-state index is 7.24. The van der Waals surface area contributed by atoms with E-state index in [0.29, 0.717) is 5.57 Å². The van der Waals surface area contributed by atoms with E-state index in [9.17, 15) is 0 Å². The lowest BCUT2D eigenvalue weighted by atomic mass is 10.2. The fourth-order valence-corrected chi connectivity index (χ4v) is 0.589. The third kappa shape index (κ3) is 1.25. The molecule has 0 radical (unpaired) electrons. The molecule has 0 amide bonds. The van der Waals surface area contributed by atoms with Crippen molar-refractivity contribution in [1.29, 1.82) is 5.41 Å². The maximum absolute atomic E-state index is 7.24. The Morgan fingerprint density at radius 3 is 3.00 bits per heavy atom. The summed E-state index contributed by atoms with van der Waals surface area (Å²) in [4.78, 5) is 7.43. The summed E-state index contributed by atoms with van der Waals surface area (Å²) >= 11 is 0. The van der Waals surface area contributed by atoms with E-state index in [1.54, 1.807) is 18.4 Å². The molecule has 0 atom stereocenters. The molecule has 0 saturated carbocycles. The van der Waals surface area contributed by atoms with Gasteiger partial charge in [0, 0.05) is 11.8 Å². The molecule has 3 heteroatoms. The van der Waals surface area contributed by atoms with Crippen molar-refractivity contribution in [3.05, 3.63) is 24.3 Å². The number of nitrogens with one attached hydrogen (secondary N) is 1. The Morgan fingerprint density at radius 2 is 2.40 bits per heavy atom. The minimum absolute atomic E-state index is 0.231. The van der Waals surface area contributed by atoms with Gasteiger partial charge in [0.2, 0.25) is 0 Å². The number of aliphatic imine (C=N–C) groups is 2. The van der Waals surface area contributed by atoms with Gasteiger partial charge in [-0.2, -0.15) is 0 Å². The fourth-order valence-electron chi connectivity index (χ4n) is 0.589. The van der Waals surface area contributed by atoms with Crippen LogP contribution >= 0.6 is 0 Å². The Morgan fingerprint density at radius 1 is 1.60 bits per heavy atom. The molecule has 0 bridgehead atoms. The van der Waals surface area contributed by atoms with Gasteiger partial charge in [0.15, 0.2) is 5.84 Å². The van der Waals surface area contributed by atoms with Gasteiger partial charge < -0.3 is 0 Å². The van der Waals surface area contributed by atoms with Gasteiger partial charge >= 0.3 is 0 Å². The van der Waals surface area contributed by atoms with Crippen molar-refractivity contribution in [2.24, 2.45) is 9.98 Å².